The summed E-state index contributed by atoms with van der Waals surface area (Å²) in [6, 6.07) is 0. The zero-order valence-electron chi connectivity index (χ0n) is 7.96. The third-order valence-corrected chi connectivity index (χ3v) is 1.89. The normalized spacial score (nSPS) is 12.4. The maximum Gasteiger partial charge on any atom is 0.339 e. The summed E-state index contributed by atoms with van der Waals surface area (Å²) < 4.78 is 4.68. The van der Waals surface area contributed by atoms with E-state index < -0.39 is 10.9 Å². The molecule has 0 saturated heterocycles. The second-order valence-electron chi connectivity index (χ2n) is 2.78. The van der Waals surface area contributed by atoms with Crippen LogP contribution in [-0.2, 0) is 14.3 Å². The molecule has 1 amide bonds. The summed E-state index contributed by atoms with van der Waals surface area (Å²) in [5.74, 6) is -0.805. The lowest BCUT2D eigenvalue weighted by atomic mass is 10.2. The number of esters is 1. The van der Waals surface area contributed by atoms with Gasteiger partial charge in [0, 0.05) is 5.92 Å². The minimum absolute atomic E-state index is 0.144. The van der Waals surface area contributed by atoms with Gasteiger partial charge in [-0.15, -0.1) is 0 Å². The number of nitrogens with one attached hydrogen (secondary N) is 1. The molecule has 4 nitrogen and oxygen atoms in total. The van der Waals surface area contributed by atoms with E-state index in [4.69, 9.17) is 0 Å². The Kier molecular flexibility index (Phi) is 5.70. The predicted molar refractivity (Wildman–Crippen MR) is 52.3 cm³/mol. The number of halogens is 1. The molecule has 0 aliphatic heterocycles. The highest BCUT2D eigenvalue weighted by Gasteiger charge is 2.19. The number of alkyl halides is 1. The molecular formula is C8H14BrNO3. The third-order valence-electron chi connectivity index (χ3n) is 1.29. The summed E-state index contributed by atoms with van der Waals surface area (Å²) in [4.78, 5) is 21.4. The third kappa shape index (κ3) is 4.87. The molecule has 0 aromatic carbocycles. The highest BCUT2D eigenvalue weighted by atomic mass is 79.9. The lowest BCUT2D eigenvalue weighted by Crippen LogP contribution is -2.39. The first-order valence-electron chi connectivity index (χ1n) is 4.10. The quantitative estimate of drug-likeness (QED) is 0.462. The van der Waals surface area contributed by atoms with Crippen molar-refractivity contribution in [3.05, 3.63) is 0 Å². The fourth-order valence-corrected chi connectivity index (χ4v) is 0.924. The van der Waals surface area contributed by atoms with E-state index in [9.17, 15) is 9.59 Å². The van der Waals surface area contributed by atoms with Crippen LogP contribution in [0.15, 0.2) is 0 Å². The number of hydrogen-bond acceptors (Lipinski definition) is 3. The Bertz CT molecular complexity index is 194. The molecule has 0 fully saturated rings. The minimum Gasteiger partial charge on any atom is -0.464 e. The average molecular weight is 252 g/mol. The Morgan fingerprint density at radius 2 is 2.00 bits per heavy atom. The number of carbonyl (C=O) groups excluding carboxylic acids is 2. The fourth-order valence-electron chi connectivity index (χ4n) is 0.566. The van der Waals surface area contributed by atoms with Gasteiger partial charge in [-0.05, 0) is 6.92 Å². The van der Waals surface area contributed by atoms with Crippen LogP contribution in [0.5, 0.6) is 0 Å². The molecule has 0 bridgehead atoms. The molecule has 0 saturated carbocycles. The molecule has 0 heterocycles. The van der Waals surface area contributed by atoms with Gasteiger partial charge in [0.1, 0.15) is 0 Å². The van der Waals surface area contributed by atoms with Crippen molar-refractivity contribution in [1.82, 2.24) is 5.32 Å². The summed E-state index contributed by atoms with van der Waals surface area (Å²) in [5.41, 5.74) is 0. The SMILES string of the molecule is CCOC(=O)C(Br)NC(=O)C(C)C. The number of carbonyl (C=O) groups is 2. The van der Waals surface area contributed by atoms with Gasteiger partial charge in [-0.1, -0.05) is 29.8 Å². The van der Waals surface area contributed by atoms with Crippen LogP contribution < -0.4 is 5.32 Å². The summed E-state index contributed by atoms with van der Waals surface area (Å²) in [6.45, 7) is 5.51. The van der Waals surface area contributed by atoms with E-state index in [1.165, 1.54) is 0 Å². The fraction of sp³-hybridized carbons (Fsp3) is 0.750. The molecule has 0 aliphatic rings. The molecule has 13 heavy (non-hydrogen) atoms. The molecule has 0 aromatic heterocycles. The van der Waals surface area contributed by atoms with Crippen molar-refractivity contribution in [1.29, 1.82) is 0 Å². The van der Waals surface area contributed by atoms with Gasteiger partial charge in [-0.2, -0.15) is 0 Å². The smallest absolute Gasteiger partial charge is 0.339 e. The summed E-state index contributed by atoms with van der Waals surface area (Å²) in [5, 5.41) is 2.47. The zero-order chi connectivity index (χ0) is 10.4. The van der Waals surface area contributed by atoms with Gasteiger partial charge in [0.05, 0.1) is 6.61 Å². The van der Waals surface area contributed by atoms with Gasteiger partial charge in [-0.3, -0.25) is 4.79 Å². The maximum absolute atomic E-state index is 11.1. The van der Waals surface area contributed by atoms with Gasteiger partial charge in [0.25, 0.3) is 0 Å². The van der Waals surface area contributed by atoms with E-state index in [1.54, 1.807) is 20.8 Å². The summed E-state index contributed by atoms with van der Waals surface area (Å²) in [6.07, 6.45) is 0. The largest absolute Gasteiger partial charge is 0.464 e. The molecule has 1 unspecified atom stereocenters. The van der Waals surface area contributed by atoms with Gasteiger partial charge in [0.15, 0.2) is 4.95 Å². The number of amides is 1. The lowest BCUT2D eigenvalue weighted by Gasteiger charge is -2.12. The van der Waals surface area contributed by atoms with Gasteiger partial charge < -0.3 is 10.1 Å². The predicted octanol–water partition coefficient (Wildman–Crippen LogP) is 1.04. The van der Waals surface area contributed by atoms with E-state index in [0.717, 1.165) is 0 Å². The van der Waals surface area contributed by atoms with Crippen LogP contribution in [-0.4, -0.2) is 23.4 Å². The van der Waals surface area contributed by atoms with E-state index >= 15 is 0 Å². The van der Waals surface area contributed by atoms with Crippen molar-refractivity contribution < 1.29 is 14.3 Å². The van der Waals surface area contributed by atoms with E-state index in [1.807, 2.05) is 0 Å². The van der Waals surface area contributed by atoms with Crippen molar-refractivity contribution in [2.45, 2.75) is 25.7 Å². The maximum atomic E-state index is 11.1. The topological polar surface area (TPSA) is 55.4 Å². The van der Waals surface area contributed by atoms with Gasteiger partial charge >= 0.3 is 5.97 Å². The van der Waals surface area contributed by atoms with Crippen molar-refractivity contribution in [3.8, 4) is 0 Å². The first-order valence-corrected chi connectivity index (χ1v) is 5.01. The average Bonchev–Trinajstić information content (AvgIpc) is 2.04. The molecule has 0 aliphatic carbocycles. The molecule has 5 heteroatoms. The van der Waals surface area contributed by atoms with Crippen LogP contribution in [0.2, 0.25) is 0 Å². The molecular weight excluding hydrogens is 238 g/mol. The lowest BCUT2D eigenvalue weighted by molar-refractivity contribution is -0.144. The number of ether oxygens (including phenoxy) is 1. The Hall–Kier alpha value is -0.580. The molecule has 0 aromatic rings. The van der Waals surface area contributed by atoms with Crippen LogP contribution in [0.3, 0.4) is 0 Å². The van der Waals surface area contributed by atoms with Gasteiger partial charge in [-0.25, -0.2) is 4.79 Å². The summed E-state index contributed by atoms with van der Waals surface area (Å²) in [7, 11) is 0. The van der Waals surface area contributed by atoms with Crippen LogP contribution in [0, 0.1) is 5.92 Å². The Morgan fingerprint density at radius 3 is 2.38 bits per heavy atom. The number of rotatable bonds is 4. The molecule has 76 valence electrons. The van der Waals surface area contributed by atoms with Crippen molar-refractivity contribution in [3.63, 3.8) is 0 Å². The monoisotopic (exact) mass is 251 g/mol. The van der Waals surface area contributed by atoms with Crippen LogP contribution in [0.25, 0.3) is 0 Å². The highest BCUT2D eigenvalue weighted by Crippen LogP contribution is 2.01. The van der Waals surface area contributed by atoms with E-state index in [0.29, 0.717) is 6.61 Å². The van der Waals surface area contributed by atoms with Crippen molar-refractivity contribution >= 4 is 27.8 Å². The molecule has 1 N–H and O–H groups in total. The standard InChI is InChI=1S/C8H14BrNO3/c1-4-13-8(12)6(9)10-7(11)5(2)3/h5-6H,4H2,1-3H3,(H,10,11). The van der Waals surface area contributed by atoms with E-state index in [-0.39, 0.29) is 11.8 Å². The number of hydrogen-bond donors (Lipinski definition) is 1. The molecule has 0 rings (SSSR count). The Morgan fingerprint density at radius 1 is 1.46 bits per heavy atom. The van der Waals surface area contributed by atoms with Crippen LogP contribution >= 0.6 is 15.9 Å². The zero-order valence-corrected chi connectivity index (χ0v) is 9.55. The highest BCUT2D eigenvalue weighted by molar-refractivity contribution is 9.10. The van der Waals surface area contributed by atoms with Gasteiger partial charge in [0.2, 0.25) is 5.91 Å². The van der Waals surface area contributed by atoms with E-state index in [2.05, 4.69) is 26.0 Å². The molecule has 0 spiro atoms. The second-order valence-corrected chi connectivity index (χ2v) is 3.69. The Balaban J connectivity index is 3.92. The first kappa shape index (κ1) is 12.4. The minimum atomic E-state index is -0.748. The van der Waals surface area contributed by atoms with Crippen LogP contribution in [0.1, 0.15) is 20.8 Å². The molecule has 1 atom stereocenters. The van der Waals surface area contributed by atoms with Crippen molar-refractivity contribution in [2.75, 3.05) is 6.61 Å². The van der Waals surface area contributed by atoms with Crippen LogP contribution in [0.4, 0.5) is 0 Å². The van der Waals surface area contributed by atoms with Crippen molar-refractivity contribution in [2.24, 2.45) is 5.92 Å². The summed E-state index contributed by atoms with van der Waals surface area (Å²) >= 11 is 3.01. The molecule has 0 radical (unpaired) electrons. The first-order chi connectivity index (χ1) is 5.99. The second kappa shape index (κ2) is 5.96. The Labute approximate surface area is 86.1 Å².